The number of hydrogen-bond donors (Lipinski definition) is 2. The fourth-order valence-electron chi connectivity index (χ4n) is 8.57. The van der Waals surface area contributed by atoms with Gasteiger partial charge in [0.15, 0.2) is 11.0 Å². The number of fused-ring (bicyclic) bond motifs is 6. The Kier molecular flexibility index (Phi) is 10.7. The van der Waals surface area contributed by atoms with E-state index in [1.54, 1.807) is 13.3 Å². The Bertz CT molecular complexity index is 2060. The van der Waals surface area contributed by atoms with Crippen LogP contribution in [0.25, 0.3) is 33.7 Å². The van der Waals surface area contributed by atoms with Crippen molar-refractivity contribution in [2.45, 2.75) is 99.0 Å². The van der Waals surface area contributed by atoms with Crippen LogP contribution in [0.15, 0.2) is 41.9 Å². The van der Waals surface area contributed by atoms with Crippen LogP contribution >= 0.6 is 11.3 Å². The average molecular weight is 757 g/mol. The fraction of sp³-hybridized carbons (Fsp3) is 0.561. The number of aromatic nitrogens is 4. The van der Waals surface area contributed by atoms with Crippen LogP contribution in [0.2, 0.25) is 0 Å². The van der Waals surface area contributed by atoms with Crippen LogP contribution in [0.3, 0.4) is 0 Å². The lowest BCUT2D eigenvalue weighted by molar-refractivity contribution is -0.657. The summed E-state index contributed by atoms with van der Waals surface area (Å²) in [6.45, 7) is 16.6. The summed E-state index contributed by atoms with van der Waals surface area (Å²) in [7, 11) is 1.69. The maximum atomic E-state index is 14.2. The number of nitrogens with zero attached hydrogens (tertiary/aromatic N) is 5. The molecule has 288 valence electrons. The first-order valence-electron chi connectivity index (χ1n) is 19.3. The van der Waals surface area contributed by atoms with E-state index in [0.29, 0.717) is 38.4 Å². The van der Waals surface area contributed by atoms with E-state index in [2.05, 4.69) is 85.7 Å². The first kappa shape index (κ1) is 38.1. The molecule has 0 radical (unpaired) electrons. The number of hydrogen-bond acceptors (Lipinski definition) is 9. The second-order valence-corrected chi connectivity index (χ2v) is 17.3. The molecule has 1 aromatic carbocycles. The molecule has 4 aromatic rings. The number of hydrazine groups is 1. The highest BCUT2D eigenvalue weighted by molar-refractivity contribution is 7.10. The summed E-state index contributed by atoms with van der Waals surface area (Å²) in [5.74, 6) is 1.02. The van der Waals surface area contributed by atoms with Gasteiger partial charge >= 0.3 is 5.97 Å². The Morgan fingerprint density at radius 2 is 2.02 bits per heavy atom. The quantitative estimate of drug-likeness (QED) is 0.187. The van der Waals surface area contributed by atoms with Crippen molar-refractivity contribution < 1.29 is 28.4 Å². The molecule has 7 rings (SSSR count). The maximum Gasteiger partial charge on any atom is 0.324 e. The summed E-state index contributed by atoms with van der Waals surface area (Å²) in [6.07, 6.45) is 2.97. The normalized spacial score (nSPS) is 25.0. The number of ether oxygens (including phenoxy) is 2. The van der Waals surface area contributed by atoms with Gasteiger partial charge in [-0.2, -0.15) is 0 Å². The van der Waals surface area contributed by atoms with Crippen molar-refractivity contribution in [2.24, 2.45) is 29.1 Å². The molecule has 3 aromatic heterocycles. The van der Waals surface area contributed by atoms with E-state index in [4.69, 9.17) is 19.4 Å². The predicted octanol–water partition coefficient (Wildman–Crippen LogP) is 5.49. The Morgan fingerprint density at radius 1 is 1.22 bits per heavy atom. The predicted molar refractivity (Wildman–Crippen MR) is 207 cm³/mol. The minimum Gasteiger partial charge on any atom is -0.464 e. The smallest absolute Gasteiger partial charge is 0.324 e. The molecule has 6 atom stereocenters. The number of thiazole rings is 1. The molecule has 54 heavy (non-hydrogen) atoms. The molecule has 3 aliphatic rings. The van der Waals surface area contributed by atoms with E-state index < -0.39 is 23.5 Å². The molecule has 13 heteroatoms. The van der Waals surface area contributed by atoms with Gasteiger partial charge in [0.05, 0.1) is 41.2 Å². The number of carbonyl (C=O) groups is 3. The van der Waals surface area contributed by atoms with E-state index in [-0.39, 0.29) is 48.7 Å². The highest BCUT2D eigenvalue weighted by Crippen LogP contribution is 2.50. The molecule has 5 heterocycles. The standard InChI is InChI=1S/C41H53N7O5S/c1-9-46-31-15-14-26-18-32(31)47(38(46)27-12-10-16-42-36(27)25(5)52-8)21-41(6,7)22-53-40(51)28-13-11-17-48(45-28)39(50)29(19-33-43-30(26)20-54-33)44-37(49)35-24(4)34(35)23(2)3/h10,12,14-16,18,20,23-25,28-29,34-35,45H,9,11,13,17,19,21-22H2,1-8H3/p+1/t24-,25-,28-,29-,34+,35-/m0/s1. The lowest BCUT2D eigenvalue weighted by atomic mass is 9.94. The Balaban J connectivity index is 1.33. The molecule has 0 spiro atoms. The van der Waals surface area contributed by atoms with Crippen LogP contribution in [0.5, 0.6) is 0 Å². The van der Waals surface area contributed by atoms with Gasteiger partial charge in [-0.1, -0.05) is 34.6 Å². The van der Waals surface area contributed by atoms with Gasteiger partial charge in [0, 0.05) is 48.5 Å². The van der Waals surface area contributed by atoms with Crippen LogP contribution in [0.1, 0.15) is 78.1 Å². The summed E-state index contributed by atoms with van der Waals surface area (Å²) < 4.78 is 16.5. The van der Waals surface area contributed by atoms with Gasteiger partial charge in [0.1, 0.15) is 18.7 Å². The first-order valence-corrected chi connectivity index (χ1v) is 20.2. The zero-order chi connectivity index (χ0) is 38.5. The number of carbonyl (C=O) groups excluding carboxylic acids is 3. The fourth-order valence-corrected chi connectivity index (χ4v) is 9.42. The number of imidazole rings is 1. The van der Waals surface area contributed by atoms with Gasteiger partial charge in [-0.15, -0.1) is 11.3 Å². The zero-order valence-electron chi connectivity index (χ0n) is 32.7. The Labute approximate surface area is 321 Å². The van der Waals surface area contributed by atoms with Crippen LogP contribution < -0.4 is 15.3 Å². The van der Waals surface area contributed by atoms with Crippen LogP contribution in [0, 0.1) is 29.1 Å². The lowest BCUT2D eigenvalue weighted by Gasteiger charge is -2.35. The monoisotopic (exact) mass is 756 g/mol. The van der Waals surface area contributed by atoms with Crippen LogP contribution in [-0.4, -0.2) is 69.7 Å². The number of rotatable bonds is 7. The molecule has 2 fully saturated rings. The van der Waals surface area contributed by atoms with Gasteiger partial charge in [-0.05, 0) is 74.8 Å². The number of nitrogens with one attached hydrogen (secondary N) is 2. The highest BCUT2D eigenvalue weighted by Gasteiger charge is 2.53. The lowest BCUT2D eigenvalue weighted by Crippen LogP contribution is -2.60. The van der Waals surface area contributed by atoms with Gasteiger partial charge in [-0.3, -0.25) is 24.4 Å². The molecule has 1 saturated heterocycles. The molecule has 1 saturated carbocycles. The van der Waals surface area contributed by atoms with E-state index in [1.165, 1.54) is 16.3 Å². The van der Waals surface area contributed by atoms with Crippen molar-refractivity contribution in [1.82, 2.24) is 30.3 Å². The molecule has 0 unspecified atom stereocenters. The van der Waals surface area contributed by atoms with E-state index in [9.17, 15) is 14.4 Å². The molecular weight excluding hydrogens is 703 g/mol. The zero-order valence-corrected chi connectivity index (χ0v) is 33.5. The van der Waals surface area contributed by atoms with Crippen molar-refractivity contribution in [3.05, 3.63) is 52.6 Å². The number of aryl methyl sites for hydroxylation is 1. The molecule has 2 amide bonds. The van der Waals surface area contributed by atoms with E-state index in [0.717, 1.165) is 44.4 Å². The minimum atomic E-state index is -0.842. The number of cyclic esters (lactones) is 1. The number of amides is 2. The van der Waals surface area contributed by atoms with Crippen molar-refractivity contribution in [2.75, 3.05) is 20.3 Å². The number of benzene rings is 1. The number of pyridine rings is 1. The summed E-state index contributed by atoms with van der Waals surface area (Å²) in [5, 5.41) is 7.39. The Hall–Kier alpha value is -4.20. The minimum absolute atomic E-state index is 0.100. The SMILES string of the molecule is CC[n+]1c(-c2cccnc2[C@H](C)OC)n2c3cc(ccc31)-c1csc(n1)C[C@H](NC(=O)[C@H]1[C@@H](C)[C@H]1C(C)C)C(=O)N1CCC[C@H](N1)C(=O)OCC(C)(C)C2. The van der Waals surface area contributed by atoms with Crippen molar-refractivity contribution >= 4 is 40.2 Å². The van der Waals surface area contributed by atoms with Crippen LogP contribution in [0.4, 0.5) is 0 Å². The molecule has 6 bridgehead atoms. The Morgan fingerprint density at radius 3 is 2.74 bits per heavy atom. The van der Waals surface area contributed by atoms with Gasteiger partial charge < -0.3 is 14.8 Å². The van der Waals surface area contributed by atoms with Gasteiger partial charge in [0.2, 0.25) is 5.91 Å². The van der Waals surface area contributed by atoms with Crippen molar-refractivity contribution in [3.8, 4) is 22.6 Å². The van der Waals surface area contributed by atoms with Gasteiger partial charge in [-0.25, -0.2) is 19.5 Å². The highest BCUT2D eigenvalue weighted by atomic mass is 32.1. The molecule has 2 N–H and O–H groups in total. The van der Waals surface area contributed by atoms with Crippen LogP contribution in [-0.2, 0) is 43.4 Å². The molecule has 2 aliphatic heterocycles. The largest absolute Gasteiger partial charge is 0.464 e. The summed E-state index contributed by atoms with van der Waals surface area (Å²) in [6, 6.07) is 8.94. The first-order chi connectivity index (χ1) is 25.8. The topological polar surface area (TPSA) is 132 Å². The maximum absolute atomic E-state index is 14.2. The molecule has 1 aliphatic carbocycles. The van der Waals surface area contributed by atoms with Gasteiger partial charge in [0.25, 0.3) is 11.7 Å². The molecular formula is C41H54N7O5S+. The molecule has 12 nitrogen and oxygen atoms in total. The third-order valence-corrected chi connectivity index (χ3v) is 12.4. The van der Waals surface area contributed by atoms with E-state index in [1.807, 2.05) is 18.4 Å². The third kappa shape index (κ3) is 7.29. The summed E-state index contributed by atoms with van der Waals surface area (Å²) in [5.41, 5.74) is 8.32. The summed E-state index contributed by atoms with van der Waals surface area (Å²) >= 11 is 1.48. The van der Waals surface area contributed by atoms with Crippen molar-refractivity contribution in [1.29, 1.82) is 0 Å². The summed E-state index contributed by atoms with van der Waals surface area (Å²) in [4.78, 5) is 51.4. The van der Waals surface area contributed by atoms with E-state index >= 15 is 0 Å². The second kappa shape index (κ2) is 15.1. The second-order valence-electron chi connectivity index (χ2n) is 16.4. The van der Waals surface area contributed by atoms with Crippen molar-refractivity contribution in [3.63, 3.8) is 0 Å². The third-order valence-electron chi connectivity index (χ3n) is 11.5. The number of methoxy groups -OCH3 is 1. The average Bonchev–Trinajstić information content (AvgIpc) is 3.48. The number of esters is 1.